The smallest absolute Gasteiger partial charge is 0.0577 e. The van der Waals surface area contributed by atoms with Gasteiger partial charge in [-0.05, 0) is 97.7 Å². The van der Waals surface area contributed by atoms with Crippen LogP contribution < -0.4 is 0 Å². The number of aliphatic hydroxyl groups excluding tert-OH is 1. The van der Waals surface area contributed by atoms with Gasteiger partial charge in [0.1, 0.15) is 0 Å². The van der Waals surface area contributed by atoms with E-state index in [1.807, 2.05) is 0 Å². The van der Waals surface area contributed by atoms with Crippen molar-refractivity contribution in [2.45, 2.75) is 118 Å². The summed E-state index contributed by atoms with van der Waals surface area (Å²) < 4.78 is 0. The standard InChI is InChI=1S/C28H48O/c1-6-20(9-7-8-19(2)3)24-12-13-25-23-11-10-21-18-22(29)14-16-27(21,4)26(23)15-17-28(24,25)5/h10,19-20,22-26,29H,6-9,11-18H2,1-5H3/t20-,22+,23+,24-,25?,26?,27+,28-/m1/s1. The van der Waals surface area contributed by atoms with Crippen molar-refractivity contribution in [2.75, 3.05) is 0 Å². The highest BCUT2D eigenvalue weighted by Crippen LogP contribution is 2.67. The molecule has 8 atom stereocenters. The predicted molar refractivity (Wildman–Crippen MR) is 124 cm³/mol. The molecule has 1 nitrogen and oxygen atoms in total. The van der Waals surface area contributed by atoms with Crippen molar-refractivity contribution in [3.8, 4) is 0 Å². The lowest BCUT2D eigenvalue weighted by Crippen LogP contribution is -2.50. The Morgan fingerprint density at radius 3 is 2.55 bits per heavy atom. The maximum Gasteiger partial charge on any atom is 0.0577 e. The van der Waals surface area contributed by atoms with Gasteiger partial charge in [-0.2, -0.15) is 0 Å². The molecule has 4 aliphatic rings. The SMILES string of the molecule is CC[C@H](CCCC(C)C)[C@H]1CCC2[C@@H]3CC=C4C[C@@H](O)CC[C@]4(C)C3CC[C@@]21C. The van der Waals surface area contributed by atoms with Crippen LogP contribution in [-0.4, -0.2) is 11.2 Å². The summed E-state index contributed by atoms with van der Waals surface area (Å²) in [6.07, 6.45) is 18.6. The summed E-state index contributed by atoms with van der Waals surface area (Å²) in [4.78, 5) is 0. The van der Waals surface area contributed by atoms with Crippen LogP contribution in [0, 0.1) is 46.3 Å². The van der Waals surface area contributed by atoms with E-state index in [1.54, 1.807) is 5.57 Å². The third kappa shape index (κ3) is 3.77. The first-order chi connectivity index (χ1) is 13.8. The Labute approximate surface area is 181 Å². The zero-order valence-corrected chi connectivity index (χ0v) is 20.1. The fraction of sp³-hybridized carbons (Fsp3) is 0.929. The van der Waals surface area contributed by atoms with Crippen LogP contribution in [0.2, 0.25) is 0 Å². The first kappa shape index (κ1) is 21.9. The second-order valence-electron chi connectivity index (χ2n) is 12.4. The minimum atomic E-state index is -0.0771. The van der Waals surface area contributed by atoms with E-state index in [1.165, 1.54) is 64.2 Å². The van der Waals surface area contributed by atoms with Gasteiger partial charge in [0.05, 0.1) is 6.10 Å². The molecule has 0 amide bonds. The Morgan fingerprint density at radius 1 is 1.03 bits per heavy atom. The highest BCUT2D eigenvalue weighted by molar-refractivity contribution is 5.25. The minimum Gasteiger partial charge on any atom is -0.393 e. The molecule has 0 aromatic rings. The van der Waals surface area contributed by atoms with Gasteiger partial charge in [0.15, 0.2) is 0 Å². The zero-order valence-electron chi connectivity index (χ0n) is 20.1. The zero-order chi connectivity index (χ0) is 20.8. The molecule has 29 heavy (non-hydrogen) atoms. The third-order valence-corrected chi connectivity index (χ3v) is 10.6. The van der Waals surface area contributed by atoms with Crippen LogP contribution >= 0.6 is 0 Å². The molecule has 0 saturated heterocycles. The van der Waals surface area contributed by atoms with Crippen molar-refractivity contribution in [3.05, 3.63) is 11.6 Å². The molecule has 0 heterocycles. The Hall–Kier alpha value is -0.300. The number of aliphatic hydroxyl groups is 1. The first-order valence-corrected chi connectivity index (χ1v) is 13.2. The molecular formula is C28H48O. The van der Waals surface area contributed by atoms with Gasteiger partial charge in [0, 0.05) is 0 Å². The summed E-state index contributed by atoms with van der Waals surface area (Å²) in [5.41, 5.74) is 2.61. The van der Waals surface area contributed by atoms with Gasteiger partial charge in [-0.25, -0.2) is 0 Å². The van der Waals surface area contributed by atoms with Gasteiger partial charge in [-0.3, -0.25) is 0 Å². The van der Waals surface area contributed by atoms with E-state index in [0.29, 0.717) is 10.8 Å². The highest BCUT2D eigenvalue weighted by atomic mass is 16.3. The van der Waals surface area contributed by atoms with E-state index in [-0.39, 0.29) is 6.10 Å². The molecule has 4 rings (SSSR count). The molecule has 3 saturated carbocycles. The van der Waals surface area contributed by atoms with E-state index in [9.17, 15) is 5.11 Å². The number of hydrogen-bond donors (Lipinski definition) is 1. The average Bonchev–Trinajstić information content (AvgIpc) is 3.03. The lowest BCUT2D eigenvalue weighted by atomic mass is 9.47. The van der Waals surface area contributed by atoms with Crippen LogP contribution in [0.15, 0.2) is 11.6 Å². The first-order valence-electron chi connectivity index (χ1n) is 13.2. The predicted octanol–water partition coefficient (Wildman–Crippen LogP) is 7.78. The summed E-state index contributed by atoms with van der Waals surface area (Å²) >= 11 is 0. The second kappa shape index (κ2) is 8.33. The Kier molecular flexibility index (Phi) is 6.29. The fourth-order valence-corrected chi connectivity index (χ4v) is 8.93. The van der Waals surface area contributed by atoms with Gasteiger partial charge in [-0.1, -0.05) is 72.0 Å². The Morgan fingerprint density at radius 2 is 1.83 bits per heavy atom. The van der Waals surface area contributed by atoms with Crippen LogP contribution in [0.3, 0.4) is 0 Å². The maximum absolute atomic E-state index is 10.2. The van der Waals surface area contributed by atoms with Gasteiger partial charge in [-0.15, -0.1) is 0 Å². The molecule has 0 bridgehead atoms. The monoisotopic (exact) mass is 400 g/mol. The lowest BCUT2D eigenvalue weighted by Gasteiger charge is -2.58. The highest BCUT2D eigenvalue weighted by Gasteiger charge is 2.59. The second-order valence-corrected chi connectivity index (χ2v) is 12.4. The molecule has 1 heteroatoms. The molecule has 0 aliphatic heterocycles. The molecule has 2 unspecified atom stereocenters. The average molecular weight is 401 g/mol. The van der Waals surface area contributed by atoms with Crippen molar-refractivity contribution < 1.29 is 5.11 Å². The van der Waals surface area contributed by atoms with Gasteiger partial charge in [0.2, 0.25) is 0 Å². The third-order valence-electron chi connectivity index (χ3n) is 10.6. The fourth-order valence-electron chi connectivity index (χ4n) is 8.93. The van der Waals surface area contributed by atoms with Crippen molar-refractivity contribution >= 4 is 0 Å². The molecule has 0 radical (unpaired) electrons. The molecular weight excluding hydrogens is 352 g/mol. The molecule has 4 aliphatic carbocycles. The van der Waals surface area contributed by atoms with Crippen molar-refractivity contribution in [1.29, 1.82) is 0 Å². The summed E-state index contributed by atoms with van der Waals surface area (Å²) in [5, 5.41) is 10.2. The maximum atomic E-state index is 10.2. The largest absolute Gasteiger partial charge is 0.393 e. The Balaban J connectivity index is 1.51. The normalized spacial score (nSPS) is 45.3. The quantitative estimate of drug-likeness (QED) is 0.451. The molecule has 0 aromatic carbocycles. The summed E-state index contributed by atoms with van der Waals surface area (Å²) in [5.74, 6) is 5.52. The molecule has 0 spiro atoms. The van der Waals surface area contributed by atoms with Gasteiger partial charge < -0.3 is 5.11 Å². The van der Waals surface area contributed by atoms with E-state index >= 15 is 0 Å². The minimum absolute atomic E-state index is 0.0771. The van der Waals surface area contributed by atoms with Crippen LogP contribution in [0.4, 0.5) is 0 Å². The lowest BCUT2D eigenvalue weighted by molar-refractivity contribution is -0.0588. The number of fused-ring (bicyclic) bond motifs is 5. The van der Waals surface area contributed by atoms with Crippen LogP contribution in [0.1, 0.15) is 112 Å². The number of allylic oxidation sites excluding steroid dienone is 1. The van der Waals surface area contributed by atoms with E-state index in [4.69, 9.17) is 0 Å². The van der Waals surface area contributed by atoms with Crippen molar-refractivity contribution in [2.24, 2.45) is 46.3 Å². The summed E-state index contributed by atoms with van der Waals surface area (Å²) in [6, 6.07) is 0. The van der Waals surface area contributed by atoms with Crippen LogP contribution in [-0.2, 0) is 0 Å². The van der Waals surface area contributed by atoms with Gasteiger partial charge >= 0.3 is 0 Å². The molecule has 1 N–H and O–H groups in total. The van der Waals surface area contributed by atoms with Gasteiger partial charge in [0.25, 0.3) is 0 Å². The van der Waals surface area contributed by atoms with Crippen LogP contribution in [0.5, 0.6) is 0 Å². The number of rotatable bonds is 6. The topological polar surface area (TPSA) is 20.2 Å². The molecule has 3 fully saturated rings. The Bertz CT molecular complexity index is 605. The van der Waals surface area contributed by atoms with E-state index in [0.717, 1.165) is 48.3 Å². The summed E-state index contributed by atoms with van der Waals surface area (Å²) in [7, 11) is 0. The molecule has 0 aromatic heterocycles. The van der Waals surface area contributed by atoms with Crippen molar-refractivity contribution in [1.82, 2.24) is 0 Å². The van der Waals surface area contributed by atoms with E-state index < -0.39 is 0 Å². The summed E-state index contributed by atoms with van der Waals surface area (Å²) in [6.45, 7) is 12.5. The van der Waals surface area contributed by atoms with Crippen LogP contribution in [0.25, 0.3) is 0 Å². The number of hydrogen-bond acceptors (Lipinski definition) is 1. The van der Waals surface area contributed by atoms with Crippen molar-refractivity contribution in [3.63, 3.8) is 0 Å². The molecule has 166 valence electrons. The van der Waals surface area contributed by atoms with E-state index in [2.05, 4.69) is 40.7 Å².